The number of ether oxygens (including phenoxy) is 1. The predicted molar refractivity (Wildman–Crippen MR) is 55.1 cm³/mol. The van der Waals surface area contributed by atoms with Gasteiger partial charge in [-0.15, -0.1) is 0 Å². The van der Waals surface area contributed by atoms with Crippen molar-refractivity contribution in [3.63, 3.8) is 0 Å². The van der Waals surface area contributed by atoms with Crippen LogP contribution in [0.1, 0.15) is 0 Å². The average Bonchev–Trinajstić information content (AvgIpc) is 2.39. The maximum atomic E-state index is 9.48. The van der Waals surface area contributed by atoms with Crippen LogP contribution >= 0.6 is 22.9 Å². The summed E-state index contributed by atoms with van der Waals surface area (Å²) in [6, 6.07) is 5.43. The van der Waals surface area contributed by atoms with Crippen LogP contribution in [0, 0.1) is 0 Å². The molecule has 0 amide bonds. The number of rotatable bonds is 1. The number of fused-ring (bicyclic) bond motifs is 1. The van der Waals surface area contributed by atoms with Gasteiger partial charge in [-0.25, -0.2) is 0 Å². The first kappa shape index (κ1) is 8.66. The Morgan fingerprint density at radius 2 is 2.23 bits per heavy atom. The zero-order valence-electron chi connectivity index (χ0n) is 6.87. The van der Waals surface area contributed by atoms with Crippen molar-refractivity contribution in [2.45, 2.75) is 0 Å². The summed E-state index contributed by atoms with van der Waals surface area (Å²) in [5.41, 5.74) is 0. The number of thiophene rings is 1. The van der Waals surface area contributed by atoms with Gasteiger partial charge in [0.25, 0.3) is 0 Å². The van der Waals surface area contributed by atoms with E-state index in [1.165, 1.54) is 18.4 Å². The molecule has 4 heteroatoms. The van der Waals surface area contributed by atoms with Crippen LogP contribution in [0.2, 0.25) is 5.02 Å². The molecule has 0 radical (unpaired) electrons. The van der Waals surface area contributed by atoms with Crippen molar-refractivity contribution in [1.82, 2.24) is 0 Å². The van der Waals surface area contributed by atoms with E-state index in [2.05, 4.69) is 0 Å². The normalized spacial score (nSPS) is 10.6. The van der Waals surface area contributed by atoms with Gasteiger partial charge in [-0.05, 0) is 18.2 Å². The van der Waals surface area contributed by atoms with Crippen molar-refractivity contribution < 1.29 is 9.84 Å². The second-order valence-electron chi connectivity index (χ2n) is 2.58. The van der Waals surface area contributed by atoms with Crippen LogP contribution in [-0.2, 0) is 0 Å². The van der Waals surface area contributed by atoms with E-state index >= 15 is 0 Å². The molecule has 1 N–H and O–H groups in total. The molecule has 0 aliphatic carbocycles. The second-order valence-corrected chi connectivity index (χ2v) is 4.05. The van der Waals surface area contributed by atoms with Gasteiger partial charge in [0, 0.05) is 15.1 Å². The van der Waals surface area contributed by atoms with E-state index in [1.54, 1.807) is 6.07 Å². The Labute approximate surface area is 84.3 Å². The van der Waals surface area contributed by atoms with Crippen LogP contribution in [0.25, 0.3) is 10.1 Å². The molecule has 0 unspecified atom stereocenters. The first-order valence-corrected chi connectivity index (χ1v) is 4.87. The van der Waals surface area contributed by atoms with Gasteiger partial charge in [0.05, 0.1) is 7.11 Å². The molecule has 1 aromatic heterocycles. The largest absolute Gasteiger partial charge is 0.497 e. The fourth-order valence-corrected chi connectivity index (χ4v) is 2.42. The molecule has 0 fully saturated rings. The summed E-state index contributed by atoms with van der Waals surface area (Å²) in [4.78, 5) is 0. The standard InChI is InChI=1S/C9H7ClO2S/c1-12-8-6-3-2-5(10)4-7(6)13-9(8)11/h2-4,11H,1H3. The zero-order chi connectivity index (χ0) is 9.42. The SMILES string of the molecule is COc1c(O)sc2cc(Cl)ccc12. The van der Waals surface area contributed by atoms with Crippen molar-refractivity contribution in [3.05, 3.63) is 23.2 Å². The van der Waals surface area contributed by atoms with Gasteiger partial charge in [0.2, 0.25) is 5.06 Å². The molecule has 2 aromatic rings. The minimum Gasteiger partial charge on any atom is -0.497 e. The number of halogens is 1. The number of methoxy groups -OCH3 is 1. The van der Waals surface area contributed by atoms with Crippen molar-refractivity contribution in [2.24, 2.45) is 0 Å². The molecule has 68 valence electrons. The third kappa shape index (κ3) is 1.34. The summed E-state index contributed by atoms with van der Waals surface area (Å²) >= 11 is 7.07. The van der Waals surface area contributed by atoms with Gasteiger partial charge in [-0.1, -0.05) is 22.9 Å². The first-order chi connectivity index (χ1) is 6.22. The Bertz CT molecular complexity index is 450. The Morgan fingerprint density at radius 1 is 1.46 bits per heavy atom. The third-order valence-corrected chi connectivity index (χ3v) is 2.96. The molecule has 0 aliphatic rings. The molecule has 0 spiro atoms. The number of benzene rings is 1. The zero-order valence-corrected chi connectivity index (χ0v) is 8.45. The highest BCUT2D eigenvalue weighted by Crippen LogP contribution is 2.43. The maximum Gasteiger partial charge on any atom is 0.215 e. The predicted octanol–water partition coefficient (Wildman–Crippen LogP) is 3.27. The highest BCUT2D eigenvalue weighted by molar-refractivity contribution is 7.21. The van der Waals surface area contributed by atoms with Gasteiger partial charge in [-0.2, -0.15) is 0 Å². The lowest BCUT2D eigenvalue weighted by molar-refractivity contribution is 0.385. The minimum atomic E-state index is 0.194. The summed E-state index contributed by atoms with van der Waals surface area (Å²) < 4.78 is 5.99. The Kier molecular flexibility index (Phi) is 2.06. The van der Waals surface area contributed by atoms with E-state index in [4.69, 9.17) is 16.3 Å². The van der Waals surface area contributed by atoms with Crippen LogP contribution in [0.4, 0.5) is 0 Å². The van der Waals surface area contributed by atoms with E-state index in [1.807, 2.05) is 12.1 Å². The molecule has 0 atom stereocenters. The van der Waals surface area contributed by atoms with Crippen molar-refractivity contribution >= 4 is 33.0 Å². The summed E-state index contributed by atoms with van der Waals surface area (Å²) in [5.74, 6) is 0.525. The second kappa shape index (κ2) is 3.09. The number of hydrogen-bond acceptors (Lipinski definition) is 3. The van der Waals surface area contributed by atoms with Gasteiger partial charge < -0.3 is 9.84 Å². The summed E-state index contributed by atoms with van der Waals surface area (Å²) in [6.07, 6.45) is 0. The fraction of sp³-hybridized carbons (Fsp3) is 0.111. The fourth-order valence-electron chi connectivity index (χ4n) is 1.23. The van der Waals surface area contributed by atoms with Gasteiger partial charge in [0.15, 0.2) is 5.75 Å². The van der Waals surface area contributed by atoms with E-state index in [0.717, 1.165) is 10.1 Å². The van der Waals surface area contributed by atoms with Crippen LogP contribution < -0.4 is 4.74 Å². The van der Waals surface area contributed by atoms with E-state index < -0.39 is 0 Å². The minimum absolute atomic E-state index is 0.194. The van der Waals surface area contributed by atoms with E-state index in [0.29, 0.717) is 10.8 Å². The topological polar surface area (TPSA) is 29.5 Å². The van der Waals surface area contributed by atoms with Crippen molar-refractivity contribution in [1.29, 1.82) is 0 Å². The van der Waals surface area contributed by atoms with Gasteiger partial charge >= 0.3 is 0 Å². The highest BCUT2D eigenvalue weighted by Gasteiger charge is 2.11. The molecule has 1 aromatic carbocycles. The molecule has 0 saturated heterocycles. The molecule has 2 nitrogen and oxygen atoms in total. The Morgan fingerprint density at radius 3 is 2.92 bits per heavy atom. The third-order valence-electron chi connectivity index (χ3n) is 1.79. The smallest absolute Gasteiger partial charge is 0.215 e. The average molecular weight is 215 g/mol. The lowest BCUT2D eigenvalue weighted by atomic mass is 10.2. The van der Waals surface area contributed by atoms with Crippen molar-refractivity contribution in [2.75, 3.05) is 7.11 Å². The highest BCUT2D eigenvalue weighted by atomic mass is 35.5. The van der Waals surface area contributed by atoms with Crippen LogP contribution in [0.5, 0.6) is 10.8 Å². The number of aromatic hydroxyl groups is 1. The summed E-state index contributed by atoms with van der Waals surface area (Å²) in [5, 5.41) is 11.2. The molecule has 13 heavy (non-hydrogen) atoms. The molecular weight excluding hydrogens is 208 g/mol. The first-order valence-electron chi connectivity index (χ1n) is 3.67. The van der Waals surface area contributed by atoms with Crippen molar-refractivity contribution in [3.8, 4) is 10.8 Å². The Balaban J connectivity index is 2.79. The van der Waals surface area contributed by atoms with Gasteiger partial charge in [0.1, 0.15) is 0 Å². The number of hydrogen-bond donors (Lipinski definition) is 1. The molecule has 0 bridgehead atoms. The molecule has 1 heterocycles. The monoisotopic (exact) mass is 214 g/mol. The van der Waals surface area contributed by atoms with Gasteiger partial charge in [-0.3, -0.25) is 0 Å². The maximum absolute atomic E-state index is 9.48. The molecule has 2 rings (SSSR count). The van der Waals surface area contributed by atoms with Crippen LogP contribution in [0.3, 0.4) is 0 Å². The summed E-state index contributed by atoms with van der Waals surface area (Å²) in [6.45, 7) is 0. The quantitative estimate of drug-likeness (QED) is 0.790. The van der Waals surface area contributed by atoms with Crippen LogP contribution in [-0.4, -0.2) is 12.2 Å². The Hall–Kier alpha value is -0.930. The lowest BCUT2D eigenvalue weighted by Gasteiger charge is -1.96. The van der Waals surface area contributed by atoms with Crippen LogP contribution in [0.15, 0.2) is 18.2 Å². The summed E-state index contributed by atoms with van der Waals surface area (Å²) in [7, 11) is 1.54. The van der Waals surface area contributed by atoms with E-state index in [9.17, 15) is 5.11 Å². The molecule has 0 saturated carbocycles. The van der Waals surface area contributed by atoms with E-state index in [-0.39, 0.29) is 5.06 Å². The lowest BCUT2D eigenvalue weighted by Crippen LogP contribution is -1.79. The molecular formula is C9H7ClO2S. The molecule has 0 aliphatic heterocycles.